The molecule has 6 heteroatoms. The number of nitrogen functional groups attached to an aromatic ring is 1. The van der Waals surface area contributed by atoms with Crippen LogP contribution in [0.2, 0.25) is 0 Å². The van der Waals surface area contributed by atoms with E-state index < -0.39 is 0 Å². The lowest BCUT2D eigenvalue weighted by Gasteiger charge is -2.04. The minimum Gasteiger partial charge on any atom is -0.381 e. The summed E-state index contributed by atoms with van der Waals surface area (Å²) >= 11 is 0. The van der Waals surface area contributed by atoms with Gasteiger partial charge in [-0.3, -0.25) is 4.40 Å². The second-order valence-electron chi connectivity index (χ2n) is 3.87. The molecule has 86 valence electrons. The van der Waals surface area contributed by atoms with E-state index in [1.807, 2.05) is 16.5 Å². The van der Waals surface area contributed by atoms with Crippen LogP contribution in [0, 0.1) is 0 Å². The van der Waals surface area contributed by atoms with Crippen molar-refractivity contribution in [2.45, 2.75) is 19.8 Å². The zero-order valence-corrected chi connectivity index (χ0v) is 9.46. The van der Waals surface area contributed by atoms with E-state index in [4.69, 9.17) is 5.73 Å². The van der Waals surface area contributed by atoms with Gasteiger partial charge in [0, 0.05) is 12.6 Å². The van der Waals surface area contributed by atoms with Crippen molar-refractivity contribution >= 4 is 22.6 Å². The van der Waals surface area contributed by atoms with Gasteiger partial charge in [0.25, 0.3) is 0 Å². The summed E-state index contributed by atoms with van der Waals surface area (Å²) in [6.45, 7) is 2.10. The minimum absolute atomic E-state index is 0.389. The molecular weight excluding hydrogens is 216 g/mol. The van der Waals surface area contributed by atoms with Gasteiger partial charge in [-0.1, -0.05) is 6.92 Å². The van der Waals surface area contributed by atoms with Crippen molar-refractivity contribution in [3.8, 4) is 0 Å². The Balaban J connectivity index is 2.47. The molecule has 0 amide bonds. The van der Waals surface area contributed by atoms with Crippen LogP contribution in [0.3, 0.4) is 0 Å². The summed E-state index contributed by atoms with van der Waals surface area (Å²) in [4.78, 5) is 8.60. The van der Waals surface area contributed by atoms with E-state index >= 15 is 0 Å². The Morgan fingerprint density at radius 1 is 1.29 bits per heavy atom. The molecule has 0 aliphatic heterocycles. The lowest BCUT2D eigenvalue weighted by atomic mass is 10.3. The van der Waals surface area contributed by atoms with Crippen LogP contribution >= 0.6 is 0 Å². The first kappa shape index (κ1) is 9.95. The summed E-state index contributed by atoms with van der Waals surface area (Å²) < 4.78 is 1.89. The third-order valence-corrected chi connectivity index (χ3v) is 2.65. The second-order valence-corrected chi connectivity index (χ2v) is 3.87. The van der Waals surface area contributed by atoms with Crippen molar-refractivity contribution in [3.05, 3.63) is 24.2 Å². The van der Waals surface area contributed by atoms with Gasteiger partial charge in [-0.05, 0) is 18.6 Å². The molecule has 6 nitrogen and oxygen atoms in total. The lowest BCUT2D eigenvalue weighted by molar-refractivity contribution is 0.822. The molecule has 0 aliphatic rings. The van der Waals surface area contributed by atoms with Crippen LogP contribution in [-0.2, 0) is 6.42 Å². The molecule has 0 atom stereocenters. The first-order valence-electron chi connectivity index (χ1n) is 5.55. The SMILES string of the molecule is CCCc1nnc2c(N)nc3cccnc3n12. The summed E-state index contributed by atoms with van der Waals surface area (Å²) in [5, 5.41) is 8.22. The first-order chi connectivity index (χ1) is 8.31. The Hall–Kier alpha value is -2.24. The second kappa shape index (κ2) is 3.65. The summed E-state index contributed by atoms with van der Waals surface area (Å²) in [6.07, 6.45) is 3.57. The monoisotopic (exact) mass is 228 g/mol. The van der Waals surface area contributed by atoms with E-state index in [1.165, 1.54) is 0 Å². The van der Waals surface area contributed by atoms with E-state index in [2.05, 4.69) is 27.1 Å². The van der Waals surface area contributed by atoms with Crippen molar-refractivity contribution in [2.75, 3.05) is 5.73 Å². The Morgan fingerprint density at radius 2 is 2.18 bits per heavy atom. The zero-order valence-electron chi connectivity index (χ0n) is 9.46. The van der Waals surface area contributed by atoms with Gasteiger partial charge >= 0.3 is 0 Å². The number of nitrogens with two attached hydrogens (primary N) is 1. The van der Waals surface area contributed by atoms with Gasteiger partial charge in [-0.15, -0.1) is 10.2 Å². The number of aromatic nitrogens is 5. The number of hydrogen-bond donors (Lipinski definition) is 1. The van der Waals surface area contributed by atoms with Crippen molar-refractivity contribution in [1.29, 1.82) is 0 Å². The smallest absolute Gasteiger partial charge is 0.205 e. The van der Waals surface area contributed by atoms with Crippen LogP contribution < -0.4 is 5.73 Å². The molecule has 17 heavy (non-hydrogen) atoms. The number of pyridine rings is 1. The molecule has 3 heterocycles. The van der Waals surface area contributed by atoms with E-state index in [1.54, 1.807) is 6.20 Å². The maximum atomic E-state index is 5.87. The van der Waals surface area contributed by atoms with Gasteiger partial charge in [-0.2, -0.15) is 0 Å². The van der Waals surface area contributed by atoms with Crippen LogP contribution in [0.25, 0.3) is 16.8 Å². The quantitative estimate of drug-likeness (QED) is 0.712. The largest absolute Gasteiger partial charge is 0.381 e. The Bertz CT molecular complexity index is 687. The van der Waals surface area contributed by atoms with Gasteiger partial charge in [-0.25, -0.2) is 9.97 Å². The van der Waals surface area contributed by atoms with Crippen LogP contribution in [0.4, 0.5) is 5.82 Å². The molecule has 0 spiro atoms. The molecule has 0 radical (unpaired) electrons. The Labute approximate surface area is 97.5 Å². The highest BCUT2D eigenvalue weighted by molar-refractivity contribution is 5.78. The predicted molar refractivity (Wildman–Crippen MR) is 64.5 cm³/mol. The average Bonchev–Trinajstić information content (AvgIpc) is 2.75. The summed E-state index contributed by atoms with van der Waals surface area (Å²) in [5.74, 6) is 1.26. The van der Waals surface area contributed by atoms with E-state index in [-0.39, 0.29) is 0 Å². The van der Waals surface area contributed by atoms with Crippen LogP contribution in [0.1, 0.15) is 19.2 Å². The molecule has 0 saturated heterocycles. The minimum atomic E-state index is 0.389. The molecule has 3 aromatic rings. The molecule has 0 bridgehead atoms. The molecule has 2 N–H and O–H groups in total. The summed E-state index contributed by atoms with van der Waals surface area (Å²) in [6, 6.07) is 3.72. The van der Waals surface area contributed by atoms with Gasteiger partial charge in [0.15, 0.2) is 11.5 Å². The van der Waals surface area contributed by atoms with E-state index in [0.717, 1.165) is 29.8 Å². The van der Waals surface area contributed by atoms with Gasteiger partial charge in [0.2, 0.25) is 5.65 Å². The lowest BCUT2D eigenvalue weighted by Crippen LogP contribution is -2.02. The fraction of sp³-hybridized carbons (Fsp3) is 0.273. The highest BCUT2D eigenvalue weighted by Gasteiger charge is 2.12. The van der Waals surface area contributed by atoms with Crippen molar-refractivity contribution < 1.29 is 0 Å². The molecule has 0 fully saturated rings. The van der Waals surface area contributed by atoms with E-state index in [0.29, 0.717) is 11.5 Å². The van der Waals surface area contributed by atoms with Crippen LogP contribution in [0.15, 0.2) is 18.3 Å². The Morgan fingerprint density at radius 3 is 3.00 bits per heavy atom. The Kier molecular flexibility index (Phi) is 2.14. The number of nitrogens with zero attached hydrogens (tertiary/aromatic N) is 5. The van der Waals surface area contributed by atoms with Gasteiger partial charge < -0.3 is 5.73 Å². The fourth-order valence-corrected chi connectivity index (χ4v) is 1.92. The van der Waals surface area contributed by atoms with Gasteiger partial charge in [0.1, 0.15) is 11.3 Å². The standard InChI is InChI=1S/C11H12N6/c1-2-4-8-15-16-11-9(12)14-7-5-3-6-13-10(7)17(8)11/h3,5-6H,2,4H2,1H3,(H2,12,14). The zero-order chi connectivity index (χ0) is 11.8. The number of fused-ring (bicyclic) bond motifs is 3. The molecule has 0 aliphatic carbocycles. The summed E-state index contributed by atoms with van der Waals surface area (Å²) in [7, 11) is 0. The van der Waals surface area contributed by atoms with Crippen LogP contribution in [0.5, 0.6) is 0 Å². The first-order valence-corrected chi connectivity index (χ1v) is 5.55. The molecule has 0 aromatic carbocycles. The normalized spacial score (nSPS) is 11.4. The molecule has 3 rings (SSSR count). The van der Waals surface area contributed by atoms with Crippen molar-refractivity contribution in [3.63, 3.8) is 0 Å². The highest BCUT2D eigenvalue weighted by atomic mass is 15.3. The summed E-state index contributed by atoms with van der Waals surface area (Å²) in [5.41, 5.74) is 7.97. The molecule has 0 saturated carbocycles. The molecular formula is C11H12N6. The third kappa shape index (κ3) is 1.41. The maximum Gasteiger partial charge on any atom is 0.205 e. The van der Waals surface area contributed by atoms with Crippen molar-refractivity contribution in [1.82, 2.24) is 24.6 Å². The molecule has 0 unspecified atom stereocenters. The number of aryl methyl sites for hydroxylation is 1. The average molecular weight is 228 g/mol. The van der Waals surface area contributed by atoms with Gasteiger partial charge in [0.05, 0.1) is 0 Å². The van der Waals surface area contributed by atoms with Crippen molar-refractivity contribution in [2.24, 2.45) is 0 Å². The van der Waals surface area contributed by atoms with E-state index in [9.17, 15) is 0 Å². The highest BCUT2D eigenvalue weighted by Crippen LogP contribution is 2.18. The van der Waals surface area contributed by atoms with Crippen LogP contribution in [-0.4, -0.2) is 24.6 Å². The number of anilines is 1. The number of hydrogen-bond acceptors (Lipinski definition) is 5. The fourth-order valence-electron chi connectivity index (χ4n) is 1.92. The predicted octanol–water partition coefficient (Wildman–Crippen LogP) is 1.21. The molecule has 3 aromatic heterocycles. The maximum absolute atomic E-state index is 5.87. The third-order valence-electron chi connectivity index (χ3n) is 2.65. The number of rotatable bonds is 2. The topological polar surface area (TPSA) is 82.0 Å².